The predicted molar refractivity (Wildman–Crippen MR) is 95.1 cm³/mol. The average molecular weight is 348 g/mol. The fourth-order valence-corrected chi connectivity index (χ4v) is 3.22. The molecule has 0 aliphatic rings. The van der Waals surface area contributed by atoms with Crippen molar-refractivity contribution in [2.45, 2.75) is 13.3 Å². The highest BCUT2D eigenvalue weighted by Gasteiger charge is 2.10. The zero-order chi connectivity index (χ0) is 17.6. The average Bonchev–Trinajstić information content (AvgIpc) is 2.56. The van der Waals surface area contributed by atoms with Gasteiger partial charge in [-0.25, -0.2) is 8.42 Å². The number of hydrogen-bond acceptors (Lipinski definition) is 4. The maximum Gasteiger partial charge on any atom is 0.255 e. The molecule has 128 valence electrons. The van der Waals surface area contributed by atoms with Gasteiger partial charge in [-0.2, -0.15) is 0 Å². The summed E-state index contributed by atoms with van der Waals surface area (Å²) in [7, 11) is -1.79. The number of rotatable bonds is 7. The first-order valence-corrected chi connectivity index (χ1v) is 9.14. The Morgan fingerprint density at radius 2 is 1.75 bits per heavy atom. The number of carbonyl (C=O) groups excluding carboxylic acids is 1. The molecule has 1 amide bonds. The molecule has 0 saturated carbocycles. The smallest absolute Gasteiger partial charge is 0.255 e. The first-order valence-electron chi connectivity index (χ1n) is 7.49. The van der Waals surface area contributed by atoms with E-state index in [0.717, 1.165) is 0 Å². The van der Waals surface area contributed by atoms with Crippen molar-refractivity contribution in [3.63, 3.8) is 0 Å². The molecule has 0 bridgehead atoms. The van der Waals surface area contributed by atoms with Crippen LogP contribution in [0.1, 0.15) is 23.7 Å². The van der Waals surface area contributed by atoms with Crippen molar-refractivity contribution < 1.29 is 17.9 Å². The molecule has 7 heteroatoms. The van der Waals surface area contributed by atoms with Gasteiger partial charge in [0.1, 0.15) is 5.75 Å². The van der Waals surface area contributed by atoms with Crippen molar-refractivity contribution in [3.05, 3.63) is 54.1 Å². The highest BCUT2D eigenvalue weighted by atomic mass is 32.2. The van der Waals surface area contributed by atoms with Crippen LogP contribution < -0.4 is 14.8 Å². The zero-order valence-electron chi connectivity index (χ0n) is 13.6. The van der Waals surface area contributed by atoms with Crippen LogP contribution in [0.15, 0.2) is 48.5 Å². The fraction of sp³-hybridized carbons (Fsp3) is 0.235. The van der Waals surface area contributed by atoms with Crippen molar-refractivity contribution in [3.8, 4) is 5.75 Å². The van der Waals surface area contributed by atoms with E-state index in [9.17, 15) is 13.2 Å². The summed E-state index contributed by atoms with van der Waals surface area (Å²) in [5, 5.41) is 2.75. The summed E-state index contributed by atoms with van der Waals surface area (Å²) in [6.07, 6.45) is 0.546. The molecule has 2 aromatic carbocycles. The lowest BCUT2D eigenvalue weighted by molar-refractivity contribution is 0.102. The minimum absolute atomic E-state index is 0.0708. The maximum atomic E-state index is 12.2. The maximum absolute atomic E-state index is 12.2. The van der Waals surface area contributed by atoms with Crippen LogP contribution in [0.4, 0.5) is 11.4 Å². The van der Waals surface area contributed by atoms with Crippen molar-refractivity contribution >= 4 is 27.3 Å². The molecule has 0 unspecified atom stereocenters. The Kier molecular flexibility index (Phi) is 5.81. The lowest BCUT2D eigenvalue weighted by atomic mass is 10.2. The molecule has 0 aromatic heterocycles. The topological polar surface area (TPSA) is 84.5 Å². The third-order valence-electron chi connectivity index (χ3n) is 3.22. The summed E-state index contributed by atoms with van der Waals surface area (Å²) in [5.74, 6) is 0.401. The van der Waals surface area contributed by atoms with Crippen LogP contribution in [0.2, 0.25) is 0 Å². The summed E-state index contributed by atoms with van der Waals surface area (Å²) in [4.78, 5) is 12.2. The Bertz CT molecular complexity index is 802. The molecular weight excluding hydrogens is 328 g/mol. The van der Waals surface area contributed by atoms with Crippen molar-refractivity contribution in [2.75, 3.05) is 22.9 Å². The number of benzene rings is 2. The Hall–Kier alpha value is -2.54. The predicted octanol–water partition coefficient (Wildman–Crippen LogP) is 3.10. The van der Waals surface area contributed by atoms with Gasteiger partial charge in [0.25, 0.3) is 5.91 Å². The van der Waals surface area contributed by atoms with E-state index in [0.29, 0.717) is 29.1 Å². The van der Waals surface area contributed by atoms with Crippen LogP contribution in [-0.4, -0.2) is 27.2 Å². The summed E-state index contributed by atoms with van der Waals surface area (Å²) >= 11 is 0. The molecule has 2 aromatic rings. The molecule has 0 spiro atoms. The minimum Gasteiger partial charge on any atom is -0.497 e. The van der Waals surface area contributed by atoms with Crippen molar-refractivity contribution in [1.82, 2.24) is 0 Å². The minimum atomic E-state index is -3.32. The standard InChI is InChI=1S/C17H20N2O4S/c1-3-11-24(21,22)19-15-9-7-14(8-10-15)18-17(20)13-5-4-6-16(12-13)23-2/h4-10,12,19H,3,11H2,1-2H3,(H,18,20). The SMILES string of the molecule is CCCS(=O)(=O)Nc1ccc(NC(=O)c2cccc(OC)c2)cc1. The van der Waals surface area contributed by atoms with Gasteiger partial charge in [-0.1, -0.05) is 13.0 Å². The third-order valence-corrected chi connectivity index (χ3v) is 4.71. The number of methoxy groups -OCH3 is 1. The van der Waals surface area contributed by atoms with Crippen molar-refractivity contribution in [2.24, 2.45) is 0 Å². The number of carbonyl (C=O) groups is 1. The number of nitrogens with one attached hydrogen (secondary N) is 2. The summed E-state index contributed by atoms with van der Waals surface area (Å²) < 4.78 is 31.0. The zero-order valence-corrected chi connectivity index (χ0v) is 14.4. The van der Waals surface area contributed by atoms with Gasteiger partial charge in [-0.15, -0.1) is 0 Å². The first-order chi connectivity index (χ1) is 11.4. The molecule has 0 fully saturated rings. The van der Waals surface area contributed by atoms with Crippen LogP contribution in [-0.2, 0) is 10.0 Å². The Morgan fingerprint density at radius 1 is 1.08 bits per heavy atom. The number of ether oxygens (including phenoxy) is 1. The van der Waals surface area contributed by atoms with Crippen LogP contribution in [0.5, 0.6) is 5.75 Å². The second-order valence-electron chi connectivity index (χ2n) is 5.18. The largest absolute Gasteiger partial charge is 0.497 e. The molecule has 0 aliphatic heterocycles. The molecule has 2 rings (SSSR count). The van der Waals surface area contributed by atoms with E-state index >= 15 is 0 Å². The van der Waals surface area contributed by atoms with Gasteiger partial charge in [0.05, 0.1) is 12.9 Å². The van der Waals surface area contributed by atoms with E-state index in [1.54, 1.807) is 55.5 Å². The highest BCUT2D eigenvalue weighted by molar-refractivity contribution is 7.92. The monoisotopic (exact) mass is 348 g/mol. The van der Waals surface area contributed by atoms with E-state index in [2.05, 4.69) is 10.0 Å². The lowest BCUT2D eigenvalue weighted by Gasteiger charge is -2.09. The van der Waals surface area contributed by atoms with Gasteiger partial charge >= 0.3 is 0 Å². The highest BCUT2D eigenvalue weighted by Crippen LogP contribution is 2.17. The second kappa shape index (κ2) is 7.83. The van der Waals surface area contributed by atoms with Gasteiger partial charge < -0.3 is 10.1 Å². The summed E-state index contributed by atoms with van der Waals surface area (Å²) in [6, 6.07) is 13.3. The van der Waals surface area contributed by atoms with Crippen LogP contribution in [0.3, 0.4) is 0 Å². The first kappa shape index (κ1) is 17.8. The van der Waals surface area contributed by atoms with Gasteiger partial charge in [0, 0.05) is 16.9 Å². The molecule has 0 atom stereocenters. The van der Waals surface area contributed by atoms with Gasteiger partial charge in [-0.3, -0.25) is 9.52 Å². The number of sulfonamides is 1. The lowest BCUT2D eigenvalue weighted by Crippen LogP contribution is -2.16. The van der Waals surface area contributed by atoms with Gasteiger partial charge in [0.2, 0.25) is 10.0 Å². The summed E-state index contributed by atoms with van der Waals surface area (Å²) in [6.45, 7) is 1.80. The molecular formula is C17H20N2O4S. The molecule has 0 radical (unpaired) electrons. The molecule has 0 aliphatic carbocycles. The normalized spacial score (nSPS) is 10.9. The van der Waals surface area contributed by atoms with E-state index < -0.39 is 10.0 Å². The Labute approximate surface area is 141 Å². The van der Waals surface area contributed by atoms with Gasteiger partial charge in [0.15, 0.2) is 0 Å². The van der Waals surface area contributed by atoms with Crippen LogP contribution in [0, 0.1) is 0 Å². The number of hydrogen-bond donors (Lipinski definition) is 2. The molecule has 0 saturated heterocycles. The van der Waals surface area contributed by atoms with E-state index in [1.807, 2.05) is 0 Å². The quantitative estimate of drug-likeness (QED) is 0.805. The van der Waals surface area contributed by atoms with Crippen molar-refractivity contribution in [1.29, 1.82) is 0 Å². The van der Waals surface area contributed by atoms with Crippen LogP contribution in [0.25, 0.3) is 0 Å². The molecule has 24 heavy (non-hydrogen) atoms. The fourth-order valence-electron chi connectivity index (χ4n) is 2.09. The second-order valence-corrected chi connectivity index (χ2v) is 7.03. The van der Waals surface area contributed by atoms with E-state index in [1.165, 1.54) is 7.11 Å². The van der Waals surface area contributed by atoms with E-state index in [4.69, 9.17) is 4.74 Å². The molecule has 2 N–H and O–H groups in total. The van der Waals surface area contributed by atoms with Crippen LogP contribution >= 0.6 is 0 Å². The number of anilines is 2. The molecule has 0 heterocycles. The van der Waals surface area contributed by atoms with E-state index in [-0.39, 0.29) is 11.7 Å². The third kappa shape index (κ3) is 4.99. The summed E-state index contributed by atoms with van der Waals surface area (Å²) in [5.41, 5.74) is 1.51. The Balaban J connectivity index is 2.04. The number of amides is 1. The Morgan fingerprint density at radius 3 is 2.38 bits per heavy atom. The molecule has 6 nitrogen and oxygen atoms in total. The van der Waals surface area contributed by atoms with Gasteiger partial charge in [-0.05, 0) is 48.9 Å².